The Bertz CT molecular complexity index is 695. The summed E-state index contributed by atoms with van der Waals surface area (Å²) in [4.78, 5) is 11.4. The first-order valence-electron chi connectivity index (χ1n) is 7.63. The van der Waals surface area contributed by atoms with Gasteiger partial charge in [-0.2, -0.15) is 0 Å². The topological polar surface area (TPSA) is 103 Å². The first kappa shape index (κ1) is 16.8. The lowest BCUT2D eigenvalue weighted by Crippen LogP contribution is -2.07. The summed E-state index contributed by atoms with van der Waals surface area (Å²) in [5.41, 5.74) is 7.50. The second-order valence-corrected chi connectivity index (χ2v) is 5.68. The normalized spacial score (nSPS) is 11.0. The van der Waals surface area contributed by atoms with E-state index in [2.05, 4.69) is 24.2 Å². The highest BCUT2D eigenvalue weighted by Gasteiger charge is 2.21. The first-order valence-corrected chi connectivity index (χ1v) is 7.63. The fourth-order valence-corrected chi connectivity index (χ4v) is 2.26. The maximum absolute atomic E-state index is 11.4. The number of anilines is 1. The molecule has 0 unspecified atom stereocenters. The number of carbonyl (C=O) groups is 1. The lowest BCUT2D eigenvalue weighted by atomic mass is 10.1. The summed E-state index contributed by atoms with van der Waals surface area (Å²) >= 11 is 0. The molecule has 0 saturated heterocycles. The number of nitrogens with zero attached hydrogens (tertiary/aromatic N) is 3. The number of hydrogen-bond donors (Lipinski definition) is 2. The van der Waals surface area contributed by atoms with E-state index in [1.165, 1.54) is 0 Å². The number of hydrogen-bond acceptors (Lipinski definition) is 5. The van der Waals surface area contributed by atoms with Crippen molar-refractivity contribution >= 4 is 11.7 Å². The van der Waals surface area contributed by atoms with Crippen LogP contribution in [0.3, 0.4) is 0 Å². The van der Waals surface area contributed by atoms with Crippen molar-refractivity contribution in [3.63, 3.8) is 0 Å². The van der Waals surface area contributed by atoms with Crippen LogP contribution in [0, 0.1) is 5.92 Å². The molecule has 124 valence electrons. The minimum atomic E-state index is -1.11. The van der Waals surface area contributed by atoms with E-state index in [1.54, 1.807) is 22.9 Å². The van der Waals surface area contributed by atoms with Crippen LogP contribution in [0.4, 0.5) is 5.69 Å². The highest BCUT2D eigenvalue weighted by atomic mass is 16.5. The van der Waals surface area contributed by atoms with Gasteiger partial charge in [0, 0.05) is 12.1 Å². The zero-order valence-corrected chi connectivity index (χ0v) is 13.6. The molecule has 0 fully saturated rings. The summed E-state index contributed by atoms with van der Waals surface area (Å²) in [6.07, 6.45) is 0.877. The predicted octanol–water partition coefficient (Wildman–Crippen LogP) is 2.67. The third-order valence-electron chi connectivity index (χ3n) is 3.44. The van der Waals surface area contributed by atoms with Gasteiger partial charge in [0.15, 0.2) is 5.69 Å². The molecular weight excluding hydrogens is 296 g/mol. The van der Waals surface area contributed by atoms with Crippen molar-refractivity contribution in [2.24, 2.45) is 5.92 Å². The van der Waals surface area contributed by atoms with Gasteiger partial charge in [0.25, 0.3) is 0 Å². The van der Waals surface area contributed by atoms with Gasteiger partial charge in [-0.1, -0.05) is 19.1 Å². The largest absolute Gasteiger partial charge is 0.492 e. The third kappa shape index (κ3) is 3.80. The van der Waals surface area contributed by atoms with Crippen molar-refractivity contribution in [2.75, 3.05) is 12.3 Å². The summed E-state index contributed by atoms with van der Waals surface area (Å²) in [6, 6.07) is 5.21. The zero-order valence-electron chi connectivity index (χ0n) is 13.6. The van der Waals surface area contributed by atoms with Crippen LogP contribution in [0.1, 0.15) is 37.7 Å². The van der Waals surface area contributed by atoms with Gasteiger partial charge < -0.3 is 15.6 Å². The van der Waals surface area contributed by atoms with Crippen LogP contribution in [0.5, 0.6) is 5.75 Å². The van der Waals surface area contributed by atoms with Gasteiger partial charge in [-0.05, 0) is 37.5 Å². The number of ether oxygens (including phenoxy) is 1. The smallest absolute Gasteiger partial charge is 0.358 e. The second kappa shape index (κ2) is 7.13. The Balaban J connectivity index is 2.45. The Morgan fingerprint density at radius 2 is 2.17 bits per heavy atom. The van der Waals surface area contributed by atoms with Crippen molar-refractivity contribution in [1.29, 1.82) is 0 Å². The van der Waals surface area contributed by atoms with Crippen LogP contribution in [0.2, 0.25) is 0 Å². The molecule has 0 bridgehead atoms. The molecule has 0 atom stereocenters. The molecule has 0 aliphatic heterocycles. The summed E-state index contributed by atoms with van der Waals surface area (Å²) < 4.78 is 7.04. The molecule has 3 N–H and O–H groups in total. The molecule has 0 spiro atoms. The van der Waals surface area contributed by atoms with Crippen molar-refractivity contribution in [2.45, 2.75) is 33.7 Å². The van der Waals surface area contributed by atoms with E-state index < -0.39 is 5.97 Å². The quantitative estimate of drug-likeness (QED) is 0.761. The minimum Gasteiger partial charge on any atom is -0.492 e. The number of aromatic nitrogens is 3. The number of carboxylic acids is 1. The highest BCUT2D eigenvalue weighted by molar-refractivity contribution is 5.93. The Morgan fingerprint density at radius 1 is 1.43 bits per heavy atom. The lowest BCUT2D eigenvalue weighted by molar-refractivity contribution is 0.0691. The van der Waals surface area contributed by atoms with Gasteiger partial charge in [0.05, 0.1) is 12.3 Å². The number of carboxylic acid groups (broad SMARTS) is 1. The molecule has 0 saturated carbocycles. The monoisotopic (exact) mass is 318 g/mol. The van der Waals surface area contributed by atoms with Crippen LogP contribution < -0.4 is 10.5 Å². The molecule has 1 aromatic carbocycles. The fraction of sp³-hybridized carbons (Fsp3) is 0.438. The molecule has 0 amide bonds. The van der Waals surface area contributed by atoms with E-state index in [-0.39, 0.29) is 5.69 Å². The molecule has 1 heterocycles. The molecule has 1 aromatic heterocycles. The van der Waals surface area contributed by atoms with Crippen LogP contribution in [0.15, 0.2) is 18.2 Å². The number of rotatable bonds is 7. The summed E-state index contributed by atoms with van der Waals surface area (Å²) in [7, 11) is 0. The standard InChI is InChI=1S/C16H22N4O3/c1-4-23-13-6-5-11(9-12(13)17)15-14(16(21)22)18-19-20(15)8-7-10(2)3/h5-6,9-10H,4,7-8,17H2,1-3H3,(H,21,22). The van der Waals surface area contributed by atoms with Crippen molar-refractivity contribution < 1.29 is 14.6 Å². The number of nitrogens with two attached hydrogens (primary N) is 1. The second-order valence-electron chi connectivity index (χ2n) is 5.68. The SMILES string of the molecule is CCOc1ccc(-c2c(C(=O)O)nnn2CCC(C)C)cc1N. The Hall–Kier alpha value is -2.57. The highest BCUT2D eigenvalue weighted by Crippen LogP contribution is 2.30. The van der Waals surface area contributed by atoms with Crippen LogP contribution >= 0.6 is 0 Å². The summed E-state index contributed by atoms with van der Waals surface area (Å²) in [5.74, 6) is -0.0525. The van der Waals surface area contributed by atoms with Crippen molar-refractivity contribution in [3.05, 3.63) is 23.9 Å². The molecule has 0 aliphatic rings. The zero-order chi connectivity index (χ0) is 17.0. The van der Waals surface area contributed by atoms with E-state index >= 15 is 0 Å². The van der Waals surface area contributed by atoms with Gasteiger partial charge in [0.2, 0.25) is 0 Å². The summed E-state index contributed by atoms with van der Waals surface area (Å²) in [6.45, 7) is 7.19. The van der Waals surface area contributed by atoms with Gasteiger partial charge in [-0.15, -0.1) is 5.10 Å². The Kier molecular flexibility index (Phi) is 5.20. The van der Waals surface area contributed by atoms with E-state index in [1.807, 2.05) is 6.92 Å². The molecule has 2 aromatic rings. The predicted molar refractivity (Wildman–Crippen MR) is 87.5 cm³/mol. The molecule has 2 rings (SSSR count). The first-order chi connectivity index (χ1) is 10.9. The van der Waals surface area contributed by atoms with Crippen LogP contribution in [0.25, 0.3) is 11.3 Å². The Labute approximate surface area is 135 Å². The van der Waals surface area contributed by atoms with E-state index in [9.17, 15) is 9.90 Å². The molecule has 7 heteroatoms. The van der Waals surface area contributed by atoms with Gasteiger partial charge >= 0.3 is 5.97 Å². The van der Waals surface area contributed by atoms with Crippen LogP contribution in [-0.2, 0) is 6.54 Å². The molecule has 7 nitrogen and oxygen atoms in total. The molecule has 0 radical (unpaired) electrons. The fourth-order valence-electron chi connectivity index (χ4n) is 2.26. The number of aromatic carboxylic acids is 1. The molecular formula is C16H22N4O3. The average Bonchev–Trinajstić information content (AvgIpc) is 2.91. The molecule has 0 aliphatic carbocycles. The molecule has 23 heavy (non-hydrogen) atoms. The maximum atomic E-state index is 11.4. The number of nitrogen functional groups attached to an aromatic ring is 1. The number of benzene rings is 1. The average molecular weight is 318 g/mol. The van der Waals surface area contributed by atoms with Crippen molar-refractivity contribution in [3.8, 4) is 17.0 Å². The lowest BCUT2D eigenvalue weighted by Gasteiger charge is -2.11. The van der Waals surface area contributed by atoms with E-state index in [4.69, 9.17) is 10.5 Å². The minimum absolute atomic E-state index is 0.0719. The van der Waals surface area contributed by atoms with Crippen molar-refractivity contribution in [1.82, 2.24) is 15.0 Å². The van der Waals surface area contributed by atoms with Gasteiger partial charge in [-0.25, -0.2) is 9.48 Å². The third-order valence-corrected chi connectivity index (χ3v) is 3.44. The van der Waals surface area contributed by atoms with Crippen LogP contribution in [-0.4, -0.2) is 32.7 Å². The van der Waals surface area contributed by atoms with E-state index in [0.29, 0.717) is 41.8 Å². The number of aryl methyl sites for hydroxylation is 1. The maximum Gasteiger partial charge on any atom is 0.358 e. The van der Waals surface area contributed by atoms with Gasteiger partial charge in [0.1, 0.15) is 11.4 Å². The van der Waals surface area contributed by atoms with E-state index in [0.717, 1.165) is 6.42 Å². The summed E-state index contributed by atoms with van der Waals surface area (Å²) in [5, 5.41) is 17.1. The van der Waals surface area contributed by atoms with Gasteiger partial charge in [-0.3, -0.25) is 0 Å². The Morgan fingerprint density at radius 3 is 2.74 bits per heavy atom.